The number of oxime groups is 1. The van der Waals surface area contributed by atoms with Crippen LogP contribution in [0.25, 0.3) is 0 Å². The molecule has 0 bridgehead atoms. The third-order valence-corrected chi connectivity index (χ3v) is 4.85. The van der Waals surface area contributed by atoms with Crippen molar-refractivity contribution in [3.63, 3.8) is 0 Å². The van der Waals surface area contributed by atoms with Gasteiger partial charge in [-0.25, -0.2) is 14.6 Å². The van der Waals surface area contributed by atoms with Crippen LogP contribution in [-0.4, -0.2) is 81.7 Å². The summed E-state index contributed by atoms with van der Waals surface area (Å²) in [6.45, 7) is 0.207. The Bertz CT molecular complexity index is 838. The molecule has 27 heavy (non-hydrogen) atoms. The summed E-state index contributed by atoms with van der Waals surface area (Å²) >= 11 is 1.11. The van der Waals surface area contributed by atoms with Gasteiger partial charge in [0.15, 0.2) is 10.8 Å². The number of urea groups is 1. The summed E-state index contributed by atoms with van der Waals surface area (Å²) in [5.41, 5.74) is 5.58. The first-order valence-corrected chi connectivity index (χ1v) is 8.69. The zero-order chi connectivity index (χ0) is 19.7. The minimum Gasteiger partial charge on any atom is -0.480 e. The zero-order valence-corrected chi connectivity index (χ0v) is 14.9. The van der Waals surface area contributed by atoms with Gasteiger partial charge in [0.25, 0.3) is 11.8 Å². The molecule has 1 aromatic rings. The van der Waals surface area contributed by atoms with Crippen molar-refractivity contribution in [2.75, 3.05) is 25.9 Å². The highest BCUT2D eigenvalue weighted by Gasteiger charge is 2.48. The van der Waals surface area contributed by atoms with Gasteiger partial charge in [0, 0.05) is 11.9 Å². The van der Waals surface area contributed by atoms with Crippen LogP contribution in [0.1, 0.15) is 12.1 Å². The molecule has 144 valence electrons. The number of thiazole rings is 1. The van der Waals surface area contributed by atoms with Gasteiger partial charge in [-0.1, -0.05) is 5.16 Å². The molecule has 0 unspecified atom stereocenters. The fraction of sp³-hybridized carbons (Fsp3) is 0.429. The van der Waals surface area contributed by atoms with Crippen molar-refractivity contribution >= 4 is 46.0 Å². The van der Waals surface area contributed by atoms with Crippen LogP contribution < -0.4 is 11.1 Å². The number of aromatic nitrogens is 1. The fourth-order valence-corrected chi connectivity index (χ4v) is 3.20. The molecule has 4 N–H and O–H groups in total. The Kier molecular flexibility index (Phi) is 4.94. The summed E-state index contributed by atoms with van der Waals surface area (Å²) in [7, 11) is 1.25. The third-order valence-electron chi connectivity index (χ3n) is 4.18. The first-order valence-electron chi connectivity index (χ1n) is 7.81. The molecule has 0 aromatic carbocycles. The number of nitrogen functional groups attached to an aromatic ring is 1. The van der Waals surface area contributed by atoms with Crippen LogP contribution in [0.4, 0.5) is 9.93 Å². The van der Waals surface area contributed by atoms with E-state index in [4.69, 9.17) is 10.8 Å². The lowest BCUT2D eigenvalue weighted by Gasteiger charge is -2.45. The number of anilines is 1. The minimum absolute atomic E-state index is 0.0638. The molecular formula is C14H16N6O6S. The Morgan fingerprint density at radius 1 is 1.48 bits per heavy atom. The number of amides is 4. The van der Waals surface area contributed by atoms with E-state index in [1.54, 1.807) is 0 Å². The predicted octanol–water partition coefficient (Wildman–Crippen LogP) is -1.32. The molecule has 3 rings (SSSR count). The maximum Gasteiger partial charge on any atom is 0.327 e. The van der Waals surface area contributed by atoms with Crippen molar-refractivity contribution in [3.8, 4) is 0 Å². The van der Waals surface area contributed by atoms with Gasteiger partial charge in [0.1, 0.15) is 24.9 Å². The minimum atomic E-state index is -1.12. The predicted molar refractivity (Wildman–Crippen MR) is 91.9 cm³/mol. The SMILES string of the molecule is CON=C(C(=O)N[C@H]1CN(C(=O)N2CC[C@H]2C(=O)O)C1=O)c1csc(N)n1. The van der Waals surface area contributed by atoms with Gasteiger partial charge in [-0.2, -0.15) is 0 Å². The molecule has 13 heteroatoms. The molecule has 1 aromatic heterocycles. The smallest absolute Gasteiger partial charge is 0.327 e. The van der Waals surface area contributed by atoms with Crippen LogP contribution in [0.5, 0.6) is 0 Å². The van der Waals surface area contributed by atoms with E-state index in [9.17, 15) is 19.2 Å². The number of aliphatic carboxylic acids is 1. The average molecular weight is 396 g/mol. The molecule has 0 radical (unpaired) electrons. The van der Waals surface area contributed by atoms with Crippen LogP contribution in [0, 0.1) is 0 Å². The van der Waals surface area contributed by atoms with Gasteiger partial charge in [-0.3, -0.25) is 14.5 Å². The van der Waals surface area contributed by atoms with E-state index < -0.39 is 35.9 Å². The van der Waals surface area contributed by atoms with Gasteiger partial charge >= 0.3 is 12.0 Å². The van der Waals surface area contributed by atoms with E-state index in [1.165, 1.54) is 12.5 Å². The fourth-order valence-electron chi connectivity index (χ4n) is 2.65. The van der Waals surface area contributed by atoms with Gasteiger partial charge in [-0.15, -0.1) is 11.3 Å². The van der Waals surface area contributed by atoms with E-state index in [0.717, 1.165) is 21.1 Å². The van der Waals surface area contributed by atoms with Gasteiger partial charge in [0.2, 0.25) is 0 Å². The van der Waals surface area contributed by atoms with Gasteiger partial charge < -0.3 is 25.9 Å². The highest BCUT2D eigenvalue weighted by Crippen LogP contribution is 2.23. The molecule has 2 atom stereocenters. The first-order chi connectivity index (χ1) is 12.8. The lowest BCUT2D eigenvalue weighted by Crippen LogP contribution is -2.70. The van der Waals surface area contributed by atoms with E-state index in [0.29, 0.717) is 6.42 Å². The Morgan fingerprint density at radius 3 is 2.70 bits per heavy atom. The number of carboxylic acid groups (broad SMARTS) is 1. The van der Waals surface area contributed by atoms with Gasteiger partial charge in [0.05, 0.1) is 6.54 Å². The van der Waals surface area contributed by atoms with E-state index >= 15 is 0 Å². The van der Waals surface area contributed by atoms with Crippen LogP contribution >= 0.6 is 11.3 Å². The molecule has 2 aliphatic rings. The van der Waals surface area contributed by atoms with Gasteiger partial charge in [-0.05, 0) is 6.42 Å². The van der Waals surface area contributed by atoms with Crippen molar-refractivity contribution in [1.82, 2.24) is 20.1 Å². The number of hydrogen-bond acceptors (Lipinski definition) is 9. The summed E-state index contributed by atoms with van der Waals surface area (Å²) in [4.78, 5) is 58.4. The van der Waals surface area contributed by atoms with E-state index in [-0.39, 0.29) is 29.6 Å². The topological polar surface area (TPSA) is 168 Å². The first kappa shape index (κ1) is 18.6. The van der Waals surface area contributed by atoms with Crippen LogP contribution in [0.15, 0.2) is 10.5 Å². The molecule has 2 fully saturated rings. The molecule has 3 heterocycles. The average Bonchev–Trinajstić information content (AvgIpc) is 2.99. The quantitative estimate of drug-likeness (QED) is 0.313. The molecule has 2 aliphatic heterocycles. The number of hydrogen-bond donors (Lipinski definition) is 3. The number of imide groups is 1. The van der Waals surface area contributed by atoms with Crippen molar-refractivity contribution in [1.29, 1.82) is 0 Å². The Hall–Kier alpha value is -3.22. The van der Waals surface area contributed by atoms with Crippen molar-refractivity contribution in [3.05, 3.63) is 11.1 Å². The monoisotopic (exact) mass is 396 g/mol. The molecule has 12 nitrogen and oxygen atoms in total. The second kappa shape index (κ2) is 7.19. The second-order valence-electron chi connectivity index (χ2n) is 5.79. The maximum absolute atomic E-state index is 12.4. The number of β-lactam (4-membered cyclic amide) rings is 1. The summed E-state index contributed by atoms with van der Waals surface area (Å²) in [5, 5.41) is 16.8. The Labute approximate surface area is 156 Å². The summed E-state index contributed by atoms with van der Waals surface area (Å²) < 4.78 is 0. The van der Waals surface area contributed by atoms with E-state index in [1.807, 2.05) is 0 Å². The lowest BCUT2D eigenvalue weighted by atomic mass is 10.0. The number of carbonyl (C=O) groups excluding carboxylic acids is 3. The molecule has 0 aliphatic carbocycles. The number of likely N-dealkylation sites (tertiary alicyclic amines) is 2. The molecular weight excluding hydrogens is 380 g/mol. The Morgan fingerprint density at radius 2 is 2.22 bits per heavy atom. The molecule has 4 amide bonds. The number of nitrogens with one attached hydrogen (secondary N) is 1. The Balaban J connectivity index is 1.60. The van der Waals surface area contributed by atoms with Crippen molar-refractivity contribution in [2.24, 2.45) is 5.16 Å². The maximum atomic E-state index is 12.4. The molecule has 2 saturated heterocycles. The summed E-state index contributed by atoms with van der Waals surface area (Å²) in [5.74, 6) is -2.45. The number of carbonyl (C=O) groups is 4. The van der Waals surface area contributed by atoms with Crippen molar-refractivity contribution in [2.45, 2.75) is 18.5 Å². The summed E-state index contributed by atoms with van der Waals surface area (Å²) in [6.07, 6.45) is 0.344. The number of nitrogens with zero attached hydrogens (tertiary/aromatic N) is 4. The van der Waals surface area contributed by atoms with Crippen LogP contribution in [-0.2, 0) is 19.2 Å². The zero-order valence-electron chi connectivity index (χ0n) is 14.1. The number of nitrogens with two attached hydrogens (primary N) is 1. The largest absolute Gasteiger partial charge is 0.480 e. The van der Waals surface area contributed by atoms with Crippen LogP contribution in [0.3, 0.4) is 0 Å². The highest BCUT2D eigenvalue weighted by atomic mass is 32.1. The molecule has 0 spiro atoms. The second-order valence-corrected chi connectivity index (χ2v) is 6.68. The van der Waals surface area contributed by atoms with Crippen LogP contribution in [0.2, 0.25) is 0 Å². The lowest BCUT2D eigenvalue weighted by molar-refractivity contribution is -0.149. The number of carboxylic acids is 1. The normalized spacial score (nSPS) is 22.0. The van der Waals surface area contributed by atoms with Crippen molar-refractivity contribution < 1.29 is 29.1 Å². The molecule has 0 saturated carbocycles. The third kappa shape index (κ3) is 3.40. The standard InChI is InChI=1S/C14H16N6O6S/c1-26-18-9(7-5-27-13(15)17-7)10(21)16-6-4-20(11(6)22)14(25)19-3-2-8(19)12(23)24/h5-6,8H,2-4H2,1H3,(H2,15,17)(H,16,21)(H,23,24)/t6-,8-/m0/s1. The van der Waals surface area contributed by atoms with E-state index in [2.05, 4.69) is 20.3 Å². The number of rotatable bonds is 5. The summed E-state index contributed by atoms with van der Waals surface area (Å²) in [6, 6.07) is -2.53. The highest BCUT2D eigenvalue weighted by molar-refractivity contribution is 7.13.